The second-order valence-corrected chi connectivity index (χ2v) is 6.75. The average molecular weight is 339 g/mol. The predicted molar refractivity (Wildman–Crippen MR) is 97.1 cm³/mol. The lowest BCUT2D eigenvalue weighted by Crippen LogP contribution is -2.53. The molecule has 2 heterocycles. The first kappa shape index (κ1) is 17.6. The van der Waals surface area contributed by atoms with E-state index in [-0.39, 0.29) is 24.5 Å². The van der Waals surface area contributed by atoms with E-state index in [1.54, 1.807) is 12.3 Å². The molecule has 1 aromatic heterocycles. The number of amides is 1. The summed E-state index contributed by atoms with van der Waals surface area (Å²) < 4.78 is 0. The van der Waals surface area contributed by atoms with Crippen LogP contribution in [0.4, 0.5) is 0 Å². The number of aryl methyl sites for hydroxylation is 1. The van der Waals surface area contributed by atoms with Crippen LogP contribution in [-0.4, -0.2) is 46.6 Å². The van der Waals surface area contributed by atoms with E-state index < -0.39 is 0 Å². The van der Waals surface area contributed by atoms with Crippen molar-refractivity contribution >= 4 is 5.91 Å². The number of pyridine rings is 1. The number of hydrogen-bond acceptors (Lipinski definition) is 4. The average Bonchev–Trinajstić information content (AvgIpc) is 2.63. The number of carbonyl (C=O) groups excluding carboxylic acids is 1. The van der Waals surface area contributed by atoms with Crippen LogP contribution in [0.5, 0.6) is 0 Å². The molecule has 1 aliphatic heterocycles. The fourth-order valence-corrected chi connectivity index (χ4v) is 3.28. The third-order valence-corrected chi connectivity index (χ3v) is 4.78. The van der Waals surface area contributed by atoms with Crippen molar-refractivity contribution in [3.8, 4) is 0 Å². The number of nitrogens with one attached hydrogen (secondary N) is 1. The third kappa shape index (κ3) is 4.65. The summed E-state index contributed by atoms with van der Waals surface area (Å²) in [6, 6.07) is 13.9. The third-order valence-electron chi connectivity index (χ3n) is 4.78. The smallest absolute Gasteiger partial charge is 0.270 e. The number of likely N-dealkylation sites (tertiary alicyclic amines) is 1. The standard InChI is InChI=1S/C20H25N3O2/c1-15-7-8-18(21-11-15)20(25)22-19-13-23(10-9-17(19)14-24)12-16-5-3-2-4-6-16/h2-8,11,17,19,24H,9-10,12-14H2,1H3,(H,22,25)/t17-,19-/m0/s1. The quantitative estimate of drug-likeness (QED) is 0.874. The normalized spacial score (nSPS) is 21.0. The van der Waals surface area contributed by atoms with Crippen LogP contribution in [0.3, 0.4) is 0 Å². The van der Waals surface area contributed by atoms with Crippen molar-refractivity contribution in [3.05, 3.63) is 65.5 Å². The summed E-state index contributed by atoms with van der Waals surface area (Å²) in [6.45, 7) is 4.55. The highest BCUT2D eigenvalue weighted by Gasteiger charge is 2.30. The molecule has 0 aliphatic carbocycles. The fourth-order valence-electron chi connectivity index (χ4n) is 3.28. The molecule has 0 radical (unpaired) electrons. The van der Waals surface area contributed by atoms with E-state index in [1.165, 1.54) is 5.56 Å². The molecule has 2 N–H and O–H groups in total. The maximum Gasteiger partial charge on any atom is 0.270 e. The molecule has 1 saturated heterocycles. The van der Waals surface area contributed by atoms with Gasteiger partial charge in [-0.2, -0.15) is 0 Å². The molecule has 1 fully saturated rings. The zero-order valence-electron chi connectivity index (χ0n) is 14.6. The number of rotatable bonds is 5. The number of carbonyl (C=O) groups is 1. The number of hydrogen-bond donors (Lipinski definition) is 2. The summed E-state index contributed by atoms with van der Waals surface area (Å²) in [6.07, 6.45) is 2.57. The van der Waals surface area contributed by atoms with Crippen LogP contribution in [0, 0.1) is 12.8 Å². The maximum absolute atomic E-state index is 12.5. The summed E-state index contributed by atoms with van der Waals surface area (Å²) in [4.78, 5) is 19.0. The van der Waals surface area contributed by atoms with Gasteiger partial charge in [0, 0.05) is 37.9 Å². The molecule has 2 aromatic rings. The number of aromatic nitrogens is 1. The highest BCUT2D eigenvalue weighted by Crippen LogP contribution is 2.20. The van der Waals surface area contributed by atoms with Gasteiger partial charge in [-0.3, -0.25) is 14.7 Å². The second-order valence-electron chi connectivity index (χ2n) is 6.75. The zero-order valence-corrected chi connectivity index (χ0v) is 14.6. The van der Waals surface area contributed by atoms with E-state index in [0.29, 0.717) is 5.69 Å². The van der Waals surface area contributed by atoms with Crippen LogP contribution >= 0.6 is 0 Å². The Hall–Kier alpha value is -2.24. The van der Waals surface area contributed by atoms with Crippen LogP contribution < -0.4 is 5.32 Å². The van der Waals surface area contributed by atoms with E-state index >= 15 is 0 Å². The SMILES string of the molecule is Cc1ccc(C(=O)N[C@H]2CN(Cc3ccccc3)CC[C@H]2CO)nc1. The number of nitrogens with zero attached hydrogens (tertiary/aromatic N) is 2. The van der Waals surface area contributed by atoms with Crippen molar-refractivity contribution < 1.29 is 9.90 Å². The molecule has 1 aliphatic rings. The lowest BCUT2D eigenvalue weighted by atomic mass is 9.91. The molecule has 0 spiro atoms. The van der Waals surface area contributed by atoms with Gasteiger partial charge in [0.2, 0.25) is 0 Å². The summed E-state index contributed by atoms with van der Waals surface area (Å²) in [5, 5.41) is 12.7. The Balaban J connectivity index is 1.64. The molecule has 0 unspecified atom stereocenters. The van der Waals surface area contributed by atoms with E-state index in [1.807, 2.05) is 31.2 Å². The van der Waals surface area contributed by atoms with Crippen molar-refractivity contribution in [1.29, 1.82) is 0 Å². The van der Waals surface area contributed by atoms with Crippen molar-refractivity contribution in [2.45, 2.75) is 25.9 Å². The van der Waals surface area contributed by atoms with Crippen molar-refractivity contribution in [2.24, 2.45) is 5.92 Å². The number of aliphatic hydroxyl groups excluding tert-OH is 1. The molecule has 132 valence electrons. The van der Waals surface area contributed by atoms with Crippen molar-refractivity contribution in [3.63, 3.8) is 0 Å². The van der Waals surface area contributed by atoms with Crippen LogP contribution in [0.15, 0.2) is 48.7 Å². The molecule has 25 heavy (non-hydrogen) atoms. The van der Waals surface area contributed by atoms with Gasteiger partial charge in [0.25, 0.3) is 5.91 Å². The highest BCUT2D eigenvalue weighted by molar-refractivity contribution is 5.92. The summed E-state index contributed by atoms with van der Waals surface area (Å²) in [5.74, 6) is -0.0913. The lowest BCUT2D eigenvalue weighted by Gasteiger charge is -2.38. The summed E-state index contributed by atoms with van der Waals surface area (Å²) >= 11 is 0. The van der Waals surface area contributed by atoms with Gasteiger partial charge in [-0.25, -0.2) is 0 Å². The Morgan fingerprint density at radius 2 is 2.08 bits per heavy atom. The predicted octanol–water partition coefficient (Wildman–Crippen LogP) is 2.00. The summed E-state index contributed by atoms with van der Waals surface area (Å²) in [7, 11) is 0. The van der Waals surface area contributed by atoms with E-state index in [2.05, 4.69) is 27.3 Å². The molecule has 5 nitrogen and oxygen atoms in total. The molecular formula is C20H25N3O2. The molecule has 5 heteroatoms. The molecule has 1 aromatic carbocycles. The molecule has 2 atom stereocenters. The first-order valence-electron chi connectivity index (χ1n) is 8.76. The van der Waals surface area contributed by atoms with Crippen LogP contribution in [0.25, 0.3) is 0 Å². The second kappa shape index (κ2) is 8.23. The molecule has 0 saturated carbocycles. The van der Waals surface area contributed by atoms with Gasteiger partial charge in [0.05, 0.1) is 0 Å². The minimum Gasteiger partial charge on any atom is -0.396 e. The molecular weight excluding hydrogens is 314 g/mol. The van der Waals surface area contributed by atoms with Gasteiger partial charge in [-0.1, -0.05) is 36.4 Å². The van der Waals surface area contributed by atoms with E-state index in [4.69, 9.17) is 0 Å². The van der Waals surface area contributed by atoms with Crippen molar-refractivity contribution in [2.75, 3.05) is 19.7 Å². The van der Waals surface area contributed by atoms with E-state index in [0.717, 1.165) is 31.6 Å². The number of piperidine rings is 1. The monoisotopic (exact) mass is 339 g/mol. The van der Waals surface area contributed by atoms with Crippen LogP contribution in [-0.2, 0) is 6.54 Å². The van der Waals surface area contributed by atoms with E-state index in [9.17, 15) is 9.90 Å². The Labute approximate surface area is 148 Å². The molecule has 0 bridgehead atoms. The number of benzene rings is 1. The van der Waals surface area contributed by atoms with Gasteiger partial charge in [0.15, 0.2) is 0 Å². The minimum atomic E-state index is -0.176. The lowest BCUT2D eigenvalue weighted by molar-refractivity contribution is 0.0727. The van der Waals surface area contributed by atoms with Crippen LogP contribution in [0.1, 0.15) is 28.0 Å². The number of aliphatic hydroxyl groups is 1. The van der Waals surface area contributed by atoms with Gasteiger partial charge >= 0.3 is 0 Å². The topological polar surface area (TPSA) is 65.5 Å². The largest absolute Gasteiger partial charge is 0.396 e. The van der Waals surface area contributed by atoms with Gasteiger partial charge < -0.3 is 10.4 Å². The Morgan fingerprint density at radius 3 is 2.76 bits per heavy atom. The Bertz CT molecular complexity index is 688. The molecule has 3 rings (SSSR count). The van der Waals surface area contributed by atoms with Gasteiger partial charge in [-0.05, 0) is 37.1 Å². The van der Waals surface area contributed by atoms with Gasteiger partial charge in [-0.15, -0.1) is 0 Å². The van der Waals surface area contributed by atoms with Gasteiger partial charge in [0.1, 0.15) is 5.69 Å². The zero-order chi connectivity index (χ0) is 17.6. The first-order valence-corrected chi connectivity index (χ1v) is 8.76. The summed E-state index contributed by atoms with van der Waals surface area (Å²) in [5.41, 5.74) is 2.70. The van der Waals surface area contributed by atoms with Crippen LogP contribution in [0.2, 0.25) is 0 Å². The highest BCUT2D eigenvalue weighted by atomic mass is 16.3. The Kier molecular flexibility index (Phi) is 5.79. The fraction of sp³-hybridized carbons (Fsp3) is 0.400. The Morgan fingerprint density at radius 1 is 1.28 bits per heavy atom. The van der Waals surface area contributed by atoms with Crippen molar-refractivity contribution in [1.82, 2.24) is 15.2 Å². The first-order chi connectivity index (χ1) is 12.2. The molecule has 1 amide bonds. The minimum absolute atomic E-state index is 0.0712. The maximum atomic E-state index is 12.5.